The molecule has 0 fully saturated rings. The molecule has 0 amide bonds. The molecule has 0 aromatic heterocycles. The molecule has 0 bridgehead atoms. The highest BCUT2D eigenvalue weighted by atomic mass is 19.1. The summed E-state index contributed by atoms with van der Waals surface area (Å²) in [5, 5.41) is 8.49. The molecular weight excluding hydrogens is 126 g/mol. The van der Waals surface area contributed by atoms with Crippen LogP contribution in [0.4, 0.5) is 8.78 Å². The molecule has 47 valence electrons. The predicted octanol–water partition coefficient (Wildman–Crippen LogP) is 1.47. The topological polar surface area (TPSA) is 20.2 Å². The Kier molecular flexibility index (Phi) is 1.34. The summed E-state index contributed by atoms with van der Waals surface area (Å²) in [6.07, 6.45) is 0. The van der Waals surface area contributed by atoms with Gasteiger partial charge in [-0.25, -0.2) is 8.78 Å². The van der Waals surface area contributed by atoms with E-state index in [2.05, 4.69) is 0 Å². The Labute approximate surface area is 50.6 Å². The summed E-state index contributed by atoms with van der Waals surface area (Å²) in [5.41, 5.74) is 0. The third-order valence-corrected chi connectivity index (χ3v) is 0.788. The van der Waals surface area contributed by atoms with Gasteiger partial charge in [0.05, 0.1) is 6.07 Å². The second-order valence-corrected chi connectivity index (χ2v) is 1.53. The Morgan fingerprint density at radius 2 is 1.67 bits per heavy atom. The van der Waals surface area contributed by atoms with Crippen LogP contribution >= 0.6 is 0 Å². The Hall–Kier alpha value is -1.12. The molecule has 9 heavy (non-hydrogen) atoms. The van der Waals surface area contributed by atoms with E-state index < -0.39 is 17.4 Å². The van der Waals surface area contributed by atoms with Crippen molar-refractivity contribution in [2.24, 2.45) is 0 Å². The van der Waals surface area contributed by atoms with Crippen molar-refractivity contribution in [3.63, 3.8) is 0 Å². The highest BCUT2D eigenvalue weighted by Crippen LogP contribution is 2.11. The molecule has 1 nitrogen and oxygen atoms in total. The van der Waals surface area contributed by atoms with Crippen LogP contribution in [0, 0.1) is 17.7 Å². The minimum Gasteiger partial charge on any atom is -0.508 e. The lowest BCUT2D eigenvalue weighted by Gasteiger charge is -1.89. The van der Waals surface area contributed by atoms with E-state index in [1.54, 1.807) is 6.07 Å². The zero-order valence-electron chi connectivity index (χ0n) is 4.36. The van der Waals surface area contributed by atoms with Crippen molar-refractivity contribution in [2.75, 3.05) is 0 Å². The summed E-state index contributed by atoms with van der Waals surface area (Å²) in [6.45, 7) is 0. The van der Waals surface area contributed by atoms with Crippen LogP contribution in [0.3, 0.4) is 0 Å². The molecule has 1 rings (SSSR count). The zero-order chi connectivity index (χ0) is 6.85. The third-order valence-electron chi connectivity index (χ3n) is 0.788. The molecule has 1 radical (unpaired) electrons. The van der Waals surface area contributed by atoms with Crippen molar-refractivity contribution in [2.45, 2.75) is 0 Å². The molecule has 0 aliphatic rings. The van der Waals surface area contributed by atoms with Crippen LogP contribution in [0.15, 0.2) is 12.1 Å². The van der Waals surface area contributed by atoms with E-state index >= 15 is 0 Å². The van der Waals surface area contributed by atoms with Crippen LogP contribution < -0.4 is 0 Å². The maximum Gasteiger partial charge on any atom is 0.137 e. The third kappa shape index (κ3) is 1.38. The van der Waals surface area contributed by atoms with E-state index in [1.807, 2.05) is 0 Å². The monoisotopic (exact) mass is 129 g/mol. The first-order valence-corrected chi connectivity index (χ1v) is 2.26. The Morgan fingerprint density at radius 3 is 2.00 bits per heavy atom. The average molecular weight is 129 g/mol. The van der Waals surface area contributed by atoms with E-state index in [0.717, 1.165) is 12.1 Å². The Morgan fingerprint density at radius 1 is 1.22 bits per heavy atom. The fraction of sp³-hybridized carbons (Fsp3) is 0. The fourth-order valence-electron chi connectivity index (χ4n) is 0.488. The Balaban J connectivity index is 3.17. The number of benzene rings is 1. The second kappa shape index (κ2) is 2.01. The molecule has 0 aliphatic carbocycles. The van der Waals surface area contributed by atoms with E-state index in [4.69, 9.17) is 5.11 Å². The molecule has 1 aromatic carbocycles. The molecule has 0 unspecified atom stereocenters. The molecule has 0 spiro atoms. The number of hydrogen-bond acceptors (Lipinski definition) is 1. The van der Waals surface area contributed by atoms with Crippen molar-refractivity contribution >= 4 is 0 Å². The lowest BCUT2D eigenvalue weighted by molar-refractivity contribution is 0.460. The van der Waals surface area contributed by atoms with Gasteiger partial charge in [-0.1, -0.05) is 0 Å². The SMILES string of the molecule is Oc1cc(F)[c]c(F)c1. The number of halogens is 2. The van der Waals surface area contributed by atoms with Gasteiger partial charge < -0.3 is 5.11 Å². The molecule has 0 saturated carbocycles. The number of phenolic OH excluding ortho intramolecular Hbond substituents is 1. The summed E-state index contributed by atoms with van der Waals surface area (Å²) in [6, 6.07) is 3.28. The first-order chi connectivity index (χ1) is 4.18. The van der Waals surface area contributed by atoms with Gasteiger partial charge in [-0.3, -0.25) is 0 Å². The first-order valence-electron chi connectivity index (χ1n) is 2.26. The predicted molar refractivity (Wildman–Crippen MR) is 26.9 cm³/mol. The summed E-state index contributed by atoms with van der Waals surface area (Å²) < 4.78 is 23.9. The Bertz CT molecular complexity index is 172. The van der Waals surface area contributed by atoms with Crippen molar-refractivity contribution in [3.8, 4) is 5.75 Å². The second-order valence-electron chi connectivity index (χ2n) is 1.53. The van der Waals surface area contributed by atoms with E-state index in [-0.39, 0.29) is 0 Å². The lowest BCUT2D eigenvalue weighted by atomic mass is 10.3. The van der Waals surface area contributed by atoms with Gasteiger partial charge in [-0.05, 0) is 0 Å². The van der Waals surface area contributed by atoms with Gasteiger partial charge in [0.15, 0.2) is 0 Å². The minimum absolute atomic E-state index is 0.427. The van der Waals surface area contributed by atoms with Crippen molar-refractivity contribution in [1.82, 2.24) is 0 Å². The van der Waals surface area contributed by atoms with E-state index in [1.165, 1.54) is 0 Å². The van der Waals surface area contributed by atoms with Gasteiger partial charge in [-0.2, -0.15) is 0 Å². The number of rotatable bonds is 0. The highest BCUT2D eigenvalue weighted by molar-refractivity contribution is 5.20. The maximum atomic E-state index is 12.0. The number of aromatic hydroxyl groups is 1. The quantitative estimate of drug-likeness (QED) is 0.562. The molecule has 0 aliphatic heterocycles. The average Bonchev–Trinajstić information content (AvgIpc) is 1.59. The van der Waals surface area contributed by atoms with Crippen molar-refractivity contribution in [1.29, 1.82) is 0 Å². The molecule has 0 atom stereocenters. The van der Waals surface area contributed by atoms with E-state index in [9.17, 15) is 8.78 Å². The lowest BCUT2D eigenvalue weighted by Crippen LogP contribution is -1.77. The summed E-state index contributed by atoms with van der Waals surface area (Å²) >= 11 is 0. The molecule has 1 N–H and O–H groups in total. The molecule has 3 heteroatoms. The van der Waals surface area contributed by atoms with Crippen LogP contribution in [0.5, 0.6) is 5.75 Å². The number of hydrogen-bond donors (Lipinski definition) is 1. The molecule has 0 heterocycles. The summed E-state index contributed by atoms with van der Waals surface area (Å²) in [7, 11) is 0. The van der Waals surface area contributed by atoms with Crippen LogP contribution in [0.25, 0.3) is 0 Å². The van der Waals surface area contributed by atoms with Gasteiger partial charge in [0.2, 0.25) is 0 Å². The maximum absolute atomic E-state index is 12.0. The van der Waals surface area contributed by atoms with E-state index in [0.29, 0.717) is 0 Å². The first kappa shape index (κ1) is 6.01. The highest BCUT2D eigenvalue weighted by Gasteiger charge is 1.96. The normalized spacial score (nSPS) is 9.56. The smallest absolute Gasteiger partial charge is 0.137 e. The molecule has 1 aromatic rings. The van der Waals surface area contributed by atoms with Gasteiger partial charge >= 0.3 is 0 Å². The van der Waals surface area contributed by atoms with Crippen molar-refractivity contribution in [3.05, 3.63) is 29.8 Å². The van der Waals surface area contributed by atoms with Gasteiger partial charge in [0.1, 0.15) is 17.4 Å². The van der Waals surface area contributed by atoms with Crippen LogP contribution in [-0.2, 0) is 0 Å². The summed E-state index contributed by atoms with van der Waals surface area (Å²) in [4.78, 5) is 0. The zero-order valence-corrected chi connectivity index (χ0v) is 4.36. The van der Waals surface area contributed by atoms with Crippen molar-refractivity contribution < 1.29 is 13.9 Å². The molecular formula is C6H3F2O. The largest absolute Gasteiger partial charge is 0.508 e. The minimum atomic E-state index is -0.896. The van der Waals surface area contributed by atoms with Crippen LogP contribution in [-0.4, -0.2) is 5.11 Å². The number of phenols is 1. The van der Waals surface area contributed by atoms with Gasteiger partial charge in [-0.15, -0.1) is 0 Å². The fourth-order valence-corrected chi connectivity index (χ4v) is 0.488. The van der Waals surface area contributed by atoms with Crippen LogP contribution in [0.2, 0.25) is 0 Å². The molecule has 0 saturated heterocycles. The van der Waals surface area contributed by atoms with Gasteiger partial charge in [0.25, 0.3) is 0 Å². The summed E-state index contributed by atoms with van der Waals surface area (Å²) in [5.74, 6) is -2.22. The van der Waals surface area contributed by atoms with Gasteiger partial charge in [0, 0.05) is 12.1 Å². The standard InChI is InChI=1S/C6H3F2O/c7-4-1-5(8)3-6(9)2-4/h2-3,9H. The van der Waals surface area contributed by atoms with Crippen LogP contribution in [0.1, 0.15) is 0 Å².